The predicted molar refractivity (Wildman–Crippen MR) is 120 cm³/mol. The van der Waals surface area contributed by atoms with Crippen molar-refractivity contribution in [1.29, 1.82) is 0 Å². The molecular weight excluding hydrogens is 431 g/mol. The molecule has 1 atom stereocenters. The van der Waals surface area contributed by atoms with Crippen molar-refractivity contribution in [2.24, 2.45) is 0 Å². The summed E-state index contributed by atoms with van der Waals surface area (Å²) in [4.78, 5) is 29.4. The van der Waals surface area contributed by atoms with E-state index in [4.69, 9.17) is 14.2 Å². The van der Waals surface area contributed by atoms with Crippen LogP contribution in [0.2, 0.25) is 0 Å². The average Bonchev–Trinajstić information content (AvgIpc) is 3.06. The molecule has 1 fully saturated rings. The number of methoxy groups -OCH3 is 3. The van der Waals surface area contributed by atoms with Gasteiger partial charge in [0.2, 0.25) is 0 Å². The molecule has 8 nitrogen and oxygen atoms in total. The first kappa shape index (κ1) is 24.1. The fourth-order valence-corrected chi connectivity index (χ4v) is 3.84. The van der Waals surface area contributed by atoms with Crippen molar-refractivity contribution in [1.82, 2.24) is 9.80 Å². The van der Waals surface area contributed by atoms with E-state index in [1.54, 1.807) is 18.2 Å². The number of hydrogen-bond donors (Lipinski definition) is 1. The van der Waals surface area contributed by atoms with Crippen LogP contribution >= 0.6 is 0 Å². The lowest BCUT2D eigenvalue weighted by Gasteiger charge is -2.28. The summed E-state index contributed by atoms with van der Waals surface area (Å²) in [7, 11) is 7.94. The molecule has 0 unspecified atom stereocenters. The molecule has 2 aromatic carbocycles. The van der Waals surface area contributed by atoms with E-state index in [9.17, 15) is 19.1 Å². The van der Waals surface area contributed by atoms with E-state index in [1.165, 1.54) is 38.4 Å². The Morgan fingerprint density at radius 1 is 1.06 bits per heavy atom. The number of aliphatic hydroxyl groups excluding tert-OH is 1. The minimum atomic E-state index is -0.958. The van der Waals surface area contributed by atoms with Gasteiger partial charge in [0, 0.05) is 24.2 Å². The second kappa shape index (κ2) is 9.91. The maximum atomic E-state index is 14.3. The molecule has 9 heteroatoms. The summed E-state index contributed by atoms with van der Waals surface area (Å²) in [6.45, 7) is 0.698. The van der Waals surface area contributed by atoms with Gasteiger partial charge in [0.15, 0.2) is 23.1 Å². The van der Waals surface area contributed by atoms with Crippen molar-refractivity contribution in [3.05, 3.63) is 58.9 Å². The van der Waals surface area contributed by atoms with Gasteiger partial charge >= 0.3 is 0 Å². The first-order valence-corrected chi connectivity index (χ1v) is 10.2. The second-order valence-corrected chi connectivity index (χ2v) is 7.73. The van der Waals surface area contributed by atoms with Gasteiger partial charge in [-0.15, -0.1) is 0 Å². The van der Waals surface area contributed by atoms with E-state index >= 15 is 0 Å². The van der Waals surface area contributed by atoms with Gasteiger partial charge in [0.1, 0.15) is 5.76 Å². The van der Waals surface area contributed by atoms with Gasteiger partial charge in [-0.3, -0.25) is 9.59 Å². The van der Waals surface area contributed by atoms with E-state index in [1.807, 2.05) is 19.0 Å². The van der Waals surface area contributed by atoms with Crippen LogP contribution in [0.15, 0.2) is 42.0 Å². The molecule has 0 bridgehead atoms. The highest BCUT2D eigenvalue weighted by molar-refractivity contribution is 6.46. The number of likely N-dealkylation sites (N-methyl/N-ethyl adjacent to an activating group) is 1. The number of carbonyl (C=O) groups excluding carboxylic acids is 2. The van der Waals surface area contributed by atoms with Gasteiger partial charge < -0.3 is 29.1 Å². The fraction of sp³-hybridized carbons (Fsp3) is 0.333. The van der Waals surface area contributed by atoms with Gasteiger partial charge in [0.25, 0.3) is 11.7 Å². The normalized spacial score (nSPS) is 17.5. The number of Topliss-reactive ketones (excluding diaryl/α,β-unsaturated/α-hetero) is 1. The molecular formula is C24H27FN2O6. The van der Waals surface area contributed by atoms with Crippen molar-refractivity contribution >= 4 is 17.4 Å². The third-order valence-corrected chi connectivity index (χ3v) is 5.48. The highest BCUT2D eigenvalue weighted by Gasteiger charge is 2.47. The van der Waals surface area contributed by atoms with Gasteiger partial charge in [-0.2, -0.15) is 0 Å². The summed E-state index contributed by atoms with van der Waals surface area (Å²) in [5, 5.41) is 11.1. The summed E-state index contributed by atoms with van der Waals surface area (Å²) in [6, 6.07) is 7.95. The molecule has 0 aliphatic carbocycles. The van der Waals surface area contributed by atoms with E-state index in [0.29, 0.717) is 23.6 Å². The third-order valence-electron chi connectivity index (χ3n) is 5.48. The molecule has 0 saturated carbocycles. The molecule has 176 valence electrons. The van der Waals surface area contributed by atoms with Gasteiger partial charge in [-0.05, 0) is 38.4 Å². The van der Waals surface area contributed by atoms with E-state index in [-0.39, 0.29) is 23.4 Å². The van der Waals surface area contributed by atoms with Gasteiger partial charge in [-0.25, -0.2) is 4.39 Å². The average molecular weight is 458 g/mol. The summed E-state index contributed by atoms with van der Waals surface area (Å²) in [6.07, 6.45) is 0. The number of likely N-dealkylation sites (tertiary alicyclic amines) is 1. The molecule has 1 heterocycles. The van der Waals surface area contributed by atoms with Crippen LogP contribution in [0.3, 0.4) is 0 Å². The summed E-state index contributed by atoms with van der Waals surface area (Å²) in [5.41, 5.74) is 0.353. The van der Waals surface area contributed by atoms with Crippen LogP contribution in [0.1, 0.15) is 17.2 Å². The smallest absolute Gasteiger partial charge is 0.295 e. The maximum Gasteiger partial charge on any atom is 0.295 e. The Morgan fingerprint density at radius 2 is 1.76 bits per heavy atom. The lowest BCUT2D eigenvalue weighted by molar-refractivity contribution is -0.140. The Labute approximate surface area is 191 Å². The Morgan fingerprint density at radius 3 is 2.33 bits per heavy atom. The van der Waals surface area contributed by atoms with Crippen LogP contribution in [0.5, 0.6) is 17.2 Å². The number of halogens is 1. The Kier molecular flexibility index (Phi) is 7.23. The number of para-hydroxylation sites is 1. The minimum absolute atomic E-state index is 0.0102. The number of carbonyl (C=O) groups is 2. The zero-order valence-corrected chi connectivity index (χ0v) is 19.2. The molecule has 1 saturated heterocycles. The van der Waals surface area contributed by atoms with Crippen LogP contribution in [-0.2, 0) is 9.59 Å². The minimum Gasteiger partial charge on any atom is -0.507 e. The van der Waals surface area contributed by atoms with Gasteiger partial charge in [-0.1, -0.05) is 12.1 Å². The molecule has 2 aromatic rings. The number of rotatable bonds is 8. The number of aliphatic hydroxyl groups is 1. The highest BCUT2D eigenvalue weighted by atomic mass is 19.1. The Hall–Kier alpha value is -3.59. The SMILES string of the molecule is COc1ccc(C(O)=C2C(=O)C(=O)N(CCN(C)C)[C@@H]2c2cccc(OC)c2OC)cc1F. The highest BCUT2D eigenvalue weighted by Crippen LogP contribution is 2.45. The first-order chi connectivity index (χ1) is 15.7. The predicted octanol–water partition coefficient (Wildman–Crippen LogP) is 2.83. The number of ether oxygens (including phenoxy) is 3. The molecule has 0 aromatic heterocycles. The standard InChI is InChI=1S/C24H27FN2O6/c1-26(2)11-12-27-20(15-7-6-8-18(32-4)23(15)33-5)19(22(29)24(27)30)21(28)14-9-10-17(31-3)16(25)13-14/h6-10,13,20,28H,11-12H2,1-5H3/t20-/m1/s1. The lowest BCUT2D eigenvalue weighted by atomic mass is 9.94. The van der Waals surface area contributed by atoms with Crippen molar-refractivity contribution < 1.29 is 33.3 Å². The first-order valence-electron chi connectivity index (χ1n) is 10.2. The molecule has 0 spiro atoms. The number of hydrogen-bond acceptors (Lipinski definition) is 7. The lowest BCUT2D eigenvalue weighted by Crippen LogP contribution is -2.35. The van der Waals surface area contributed by atoms with Crippen molar-refractivity contribution in [2.45, 2.75) is 6.04 Å². The van der Waals surface area contributed by atoms with Gasteiger partial charge in [0.05, 0.1) is 32.9 Å². The molecule has 3 rings (SSSR count). The number of nitrogens with zero attached hydrogens (tertiary/aromatic N) is 2. The van der Waals surface area contributed by atoms with E-state index < -0.39 is 29.3 Å². The molecule has 1 aliphatic rings. The van der Waals surface area contributed by atoms with Crippen molar-refractivity contribution in [3.8, 4) is 17.2 Å². The monoisotopic (exact) mass is 458 g/mol. The third kappa shape index (κ3) is 4.49. The zero-order valence-electron chi connectivity index (χ0n) is 19.2. The summed E-state index contributed by atoms with van der Waals surface area (Å²) < 4.78 is 30.2. The van der Waals surface area contributed by atoms with Crippen LogP contribution in [0.25, 0.3) is 5.76 Å². The largest absolute Gasteiger partial charge is 0.507 e. The maximum absolute atomic E-state index is 14.3. The molecule has 1 aliphatic heterocycles. The summed E-state index contributed by atoms with van der Waals surface area (Å²) >= 11 is 0. The Bertz CT molecular complexity index is 1100. The second-order valence-electron chi connectivity index (χ2n) is 7.73. The van der Waals surface area contributed by atoms with E-state index in [2.05, 4.69) is 0 Å². The Balaban J connectivity index is 2.25. The summed E-state index contributed by atoms with van der Waals surface area (Å²) in [5.74, 6) is -2.10. The number of ketones is 1. The number of benzene rings is 2. The van der Waals surface area contributed by atoms with Crippen LogP contribution in [-0.4, -0.2) is 75.1 Å². The number of amides is 1. The molecule has 0 radical (unpaired) electrons. The van der Waals surface area contributed by atoms with Crippen LogP contribution < -0.4 is 14.2 Å². The zero-order chi connectivity index (χ0) is 24.3. The molecule has 1 N–H and O–H groups in total. The van der Waals surface area contributed by atoms with E-state index in [0.717, 1.165) is 6.07 Å². The fourth-order valence-electron chi connectivity index (χ4n) is 3.84. The molecule has 1 amide bonds. The topological polar surface area (TPSA) is 88.5 Å². The van der Waals surface area contributed by atoms with Crippen molar-refractivity contribution in [2.75, 3.05) is 48.5 Å². The van der Waals surface area contributed by atoms with Crippen molar-refractivity contribution in [3.63, 3.8) is 0 Å². The van der Waals surface area contributed by atoms with Crippen LogP contribution in [0, 0.1) is 5.82 Å². The molecule has 33 heavy (non-hydrogen) atoms. The van der Waals surface area contributed by atoms with Crippen LogP contribution in [0.4, 0.5) is 4.39 Å². The quantitative estimate of drug-likeness (QED) is 0.370.